The minimum Gasteiger partial charge on any atom is -0.507 e. The Kier molecular flexibility index (Phi) is 2.97. The monoisotopic (exact) mass is 231 g/mol. The number of rotatable bonds is 3. The van der Waals surface area contributed by atoms with Crippen LogP contribution in [0.4, 0.5) is 0 Å². The third-order valence-corrected chi connectivity index (χ3v) is 2.75. The molecule has 17 heavy (non-hydrogen) atoms. The second-order valence-electron chi connectivity index (χ2n) is 3.94. The molecule has 0 unspecified atom stereocenters. The summed E-state index contributed by atoms with van der Waals surface area (Å²) in [5.41, 5.74) is 6.34. The Labute approximate surface area is 98.3 Å². The Hall–Kier alpha value is -2.07. The summed E-state index contributed by atoms with van der Waals surface area (Å²) in [6, 6.07) is 9.65. The first-order chi connectivity index (χ1) is 8.09. The number of nitrogens with two attached hydrogens (primary N) is 1. The number of aliphatic carboxylic acids is 1. The quantitative estimate of drug-likeness (QED) is 0.747. The van der Waals surface area contributed by atoms with Crippen molar-refractivity contribution in [1.82, 2.24) is 0 Å². The zero-order valence-electron chi connectivity index (χ0n) is 9.13. The molecule has 0 fully saturated rings. The lowest BCUT2D eigenvalue weighted by atomic mass is 9.98. The average Bonchev–Trinajstić information content (AvgIpc) is 2.33. The standard InChI is InChI=1S/C13H13NO3/c14-11(13(16)17)7-8-5-6-12(15)10-4-2-1-3-9(8)10/h1-6,11,15H,7,14H2,(H,16,17)/t11-/m1/s1. The molecule has 2 aromatic carbocycles. The Balaban J connectivity index is 2.48. The van der Waals surface area contributed by atoms with E-state index in [-0.39, 0.29) is 12.2 Å². The smallest absolute Gasteiger partial charge is 0.320 e. The molecule has 4 nitrogen and oxygen atoms in total. The normalized spacial score (nSPS) is 12.5. The maximum atomic E-state index is 10.7. The molecule has 0 aliphatic carbocycles. The molecule has 0 radical (unpaired) electrons. The van der Waals surface area contributed by atoms with Crippen molar-refractivity contribution >= 4 is 16.7 Å². The second kappa shape index (κ2) is 4.43. The fourth-order valence-corrected chi connectivity index (χ4v) is 1.85. The summed E-state index contributed by atoms with van der Waals surface area (Å²) in [5.74, 6) is -0.838. The van der Waals surface area contributed by atoms with Crippen molar-refractivity contribution in [2.24, 2.45) is 5.73 Å². The van der Waals surface area contributed by atoms with Gasteiger partial charge in [-0.15, -0.1) is 0 Å². The number of hydrogen-bond acceptors (Lipinski definition) is 3. The van der Waals surface area contributed by atoms with Crippen LogP contribution in [0.2, 0.25) is 0 Å². The van der Waals surface area contributed by atoms with E-state index in [0.717, 1.165) is 10.9 Å². The highest BCUT2D eigenvalue weighted by Crippen LogP contribution is 2.27. The molecule has 0 saturated carbocycles. The average molecular weight is 231 g/mol. The highest BCUT2D eigenvalue weighted by Gasteiger charge is 2.14. The first kappa shape index (κ1) is 11.4. The number of phenolic OH excluding ortho intramolecular Hbond substituents is 1. The minimum absolute atomic E-state index is 0.188. The highest BCUT2D eigenvalue weighted by molar-refractivity contribution is 5.91. The minimum atomic E-state index is -1.03. The van der Waals surface area contributed by atoms with Crippen molar-refractivity contribution in [2.45, 2.75) is 12.5 Å². The largest absolute Gasteiger partial charge is 0.507 e. The van der Waals surface area contributed by atoms with Crippen LogP contribution in [0.1, 0.15) is 5.56 Å². The third-order valence-electron chi connectivity index (χ3n) is 2.75. The van der Waals surface area contributed by atoms with E-state index in [1.54, 1.807) is 18.2 Å². The number of carbonyl (C=O) groups is 1. The Morgan fingerprint density at radius 2 is 1.82 bits per heavy atom. The van der Waals surface area contributed by atoms with Gasteiger partial charge in [0.1, 0.15) is 11.8 Å². The van der Waals surface area contributed by atoms with Gasteiger partial charge in [0.15, 0.2) is 0 Å². The van der Waals surface area contributed by atoms with E-state index in [4.69, 9.17) is 10.8 Å². The van der Waals surface area contributed by atoms with Gasteiger partial charge < -0.3 is 15.9 Å². The predicted octanol–water partition coefficient (Wildman–Crippen LogP) is 1.50. The van der Waals surface area contributed by atoms with E-state index >= 15 is 0 Å². The van der Waals surface area contributed by atoms with Crippen LogP contribution in [0.3, 0.4) is 0 Å². The molecule has 0 spiro atoms. The van der Waals surface area contributed by atoms with E-state index in [2.05, 4.69) is 0 Å². The van der Waals surface area contributed by atoms with E-state index < -0.39 is 12.0 Å². The maximum Gasteiger partial charge on any atom is 0.320 e. The molecule has 88 valence electrons. The molecule has 2 rings (SSSR count). The van der Waals surface area contributed by atoms with Crippen molar-refractivity contribution in [3.05, 3.63) is 42.0 Å². The third kappa shape index (κ3) is 2.21. The zero-order valence-corrected chi connectivity index (χ0v) is 9.13. The molecule has 0 aliphatic heterocycles. The number of hydrogen-bond donors (Lipinski definition) is 3. The van der Waals surface area contributed by atoms with Crippen LogP contribution in [0.5, 0.6) is 5.75 Å². The summed E-state index contributed by atoms with van der Waals surface area (Å²) >= 11 is 0. The summed E-state index contributed by atoms with van der Waals surface area (Å²) < 4.78 is 0. The predicted molar refractivity (Wildman–Crippen MR) is 64.9 cm³/mol. The summed E-state index contributed by atoms with van der Waals surface area (Å²) in [6.45, 7) is 0. The highest BCUT2D eigenvalue weighted by atomic mass is 16.4. The van der Waals surface area contributed by atoms with E-state index in [1.165, 1.54) is 0 Å². The number of benzene rings is 2. The molecule has 0 aromatic heterocycles. The number of carboxylic acid groups (broad SMARTS) is 1. The second-order valence-corrected chi connectivity index (χ2v) is 3.94. The van der Waals surface area contributed by atoms with Crippen LogP contribution in [-0.4, -0.2) is 22.2 Å². The van der Waals surface area contributed by atoms with Crippen LogP contribution in [0.15, 0.2) is 36.4 Å². The van der Waals surface area contributed by atoms with Crippen molar-refractivity contribution in [3.63, 3.8) is 0 Å². The molecule has 0 heterocycles. The lowest BCUT2D eigenvalue weighted by Crippen LogP contribution is -2.32. The Morgan fingerprint density at radius 3 is 2.47 bits per heavy atom. The summed E-state index contributed by atoms with van der Waals surface area (Å²) in [6.07, 6.45) is 0.246. The van der Waals surface area contributed by atoms with E-state index in [0.29, 0.717) is 5.39 Å². The molecule has 0 saturated heterocycles. The first-order valence-corrected chi connectivity index (χ1v) is 5.27. The van der Waals surface area contributed by atoms with Gasteiger partial charge in [0, 0.05) is 5.39 Å². The van der Waals surface area contributed by atoms with Crippen molar-refractivity contribution < 1.29 is 15.0 Å². The fraction of sp³-hybridized carbons (Fsp3) is 0.154. The Morgan fingerprint density at radius 1 is 1.18 bits per heavy atom. The maximum absolute atomic E-state index is 10.7. The molecule has 0 amide bonds. The van der Waals surface area contributed by atoms with Gasteiger partial charge in [-0.3, -0.25) is 4.79 Å². The fourth-order valence-electron chi connectivity index (χ4n) is 1.85. The molecule has 0 bridgehead atoms. The van der Waals surface area contributed by atoms with Gasteiger partial charge in [0.2, 0.25) is 0 Å². The van der Waals surface area contributed by atoms with Crippen molar-refractivity contribution in [2.75, 3.05) is 0 Å². The molecule has 4 heteroatoms. The van der Waals surface area contributed by atoms with Crippen molar-refractivity contribution in [3.8, 4) is 5.75 Å². The van der Waals surface area contributed by atoms with Crippen LogP contribution in [-0.2, 0) is 11.2 Å². The van der Waals surface area contributed by atoms with Gasteiger partial charge in [0.05, 0.1) is 0 Å². The molecule has 0 aliphatic rings. The molecule has 1 atom stereocenters. The van der Waals surface area contributed by atoms with Crippen LogP contribution < -0.4 is 5.73 Å². The van der Waals surface area contributed by atoms with Crippen molar-refractivity contribution in [1.29, 1.82) is 0 Å². The molecule has 4 N–H and O–H groups in total. The van der Waals surface area contributed by atoms with Gasteiger partial charge in [-0.25, -0.2) is 0 Å². The van der Waals surface area contributed by atoms with Crippen LogP contribution in [0, 0.1) is 0 Å². The summed E-state index contributed by atoms with van der Waals surface area (Å²) in [5, 5.41) is 20.0. The van der Waals surface area contributed by atoms with Gasteiger partial charge in [-0.2, -0.15) is 0 Å². The van der Waals surface area contributed by atoms with Gasteiger partial charge in [-0.05, 0) is 23.4 Å². The topological polar surface area (TPSA) is 83.5 Å². The molecular formula is C13H13NO3. The zero-order chi connectivity index (χ0) is 12.4. The van der Waals surface area contributed by atoms with Crippen LogP contribution >= 0.6 is 0 Å². The van der Waals surface area contributed by atoms with Gasteiger partial charge in [-0.1, -0.05) is 30.3 Å². The lowest BCUT2D eigenvalue weighted by molar-refractivity contribution is -0.138. The molecular weight excluding hydrogens is 218 g/mol. The Bertz CT molecular complexity index is 566. The summed E-state index contributed by atoms with van der Waals surface area (Å²) in [7, 11) is 0. The number of fused-ring (bicyclic) bond motifs is 1. The summed E-state index contributed by atoms with van der Waals surface area (Å²) in [4.78, 5) is 10.7. The van der Waals surface area contributed by atoms with E-state index in [1.807, 2.05) is 18.2 Å². The molecule has 2 aromatic rings. The number of aromatic hydroxyl groups is 1. The van der Waals surface area contributed by atoms with Crippen LogP contribution in [0.25, 0.3) is 10.8 Å². The number of phenols is 1. The first-order valence-electron chi connectivity index (χ1n) is 5.27. The number of carboxylic acids is 1. The lowest BCUT2D eigenvalue weighted by Gasteiger charge is -2.10. The SMILES string of the molecule is N[C@H](Cc1ccc(O)c2ccccc12)C(=O)O. The van der Waals surface area contributed by atoms with E-state index in [9.17, 15) is 9.90 Å². The van der Waals surface area contributed by atoms with Gasteiger partial charge >= 0.3 is 5.97 Å². The van der Waals surface area contributed by atoms with Gasteiger partial charge in [0.25, 0.3) is 0 Å².